The van der Waals surface area contributed by atoms with E-state index in [4.69, 9.17) is 35.0 Å². The molecule has 0 aromatic heterocycles. The molecule has 4 fully saturated rings. The van der Waals surface area contributed by atoms with E-state index < -0.39 is 106 Å². The number of ether oxygens (including phenoxy) is 6. The molecule has 0 unspecified atom stereocenters. The Morgan fingerprint density at radius 2 is 1.37 bits per heavy atom. The lowest BCUT2D eigenvalue weighted by molar-refractivity contribution is -0.305. The quantitative estimate of drug-likeness (QED) is 0.162. The third-order valence-electron chi connectivity index (χ3n) is 15.4. The molecule has 322 valence electrons. The molecule has 3 saturated carbocycles. The molecule has 1 aliphatic heterocycles. The van der Waals surface area contributed by atoms with Crippen LogP contribution in [0.25, 0.3) is 4.85 Å². The Hall–Kier alpha value is -4.38. The van der Waals surface area contributed by atoms with Crippen molar-refractivity contribution >= 4 is 41.4 Å². The molecule has 0 N–H and O–H groups in total. The molecule has 1 heterocycles. The summed E-state index contributed by atoms with van der Waals surface area (Å²) in [4.78, 5) is 96.6. The van der Waals surface area contributed by atoms with E-state index in [2.05, 4.69) is 39.5 Å². The second kappa shape index (κ2) is 15.0. The number of allylic oxidation sites excluding steroid dienone is 4. The Kier molecular flexibility index (Phi) is 11.2. The monoisotopic (exact) mass is 821 g/mol. The Labute approximate surface area is 346 Å². The van der Waals surface area contributed by atoms with E-state index in [9.17, 15) is 24.0 Å². The van der Waals surface area contributed by atoms with Crippen molar-refractivity contribution in [2.24, 2.45) is 50.2 Å². The maximum atomic E-state index is 15.2. The van der Waals surface area contributed by atoms with Gasteiger partial charge in [-0.05, 0) is 79.1 Å². The summed E-state index contributed by atoms with van der Waals surface area (Å²) in [6.07, 6.45) is -0.0567. The summed E-state index contributed by atoms with van der Waals surface area (Å²) < 4.78 is 34.4. The summed E-state index contributed by atoms with van der Waals surface area (Å²) in [5, 5.41) is 0. The highest BCUT2D eigenvalue weighted by atomic mass is 16.7. The van der Waals surface area contributed by atoms with Crippen LogP contribution in [-0.2, 0) is 62.0 Å². The number of esters is 5. The van der Waals surface area contributed by atoms with Gasteiger partial charge in [-0.3, -0.25) is 28.8 Å². The minimum atomic E-state index is -1.69. The van der Waals surface area contributed by atoms with Gasteiger partial charge in [0.05, 0.1) is 12.0 Å². The lowest BCUT2D eigenvalue weighted by Crippen LogP contribution is -2.67. The van der Waals surface area contributed by atoms with Gasteiger partial charge < -0.3 is 33.2 Å². The molecule has 59 heavy (non-hydrogen) atoms. The van der Waals surface area contributed by atoms with Gasteiger partial charge in [0.1, 0.15) is 12.7 Å². The van der Waals surface area contributed by atoms with Crippen molar-refractivity contribution in [3.63, 3.8) is 0 Å². The topological polar surface area (TPSA) is 179 Å². The maximum Gasteiger partial charge on any atom is 0.314 e. The first kappa shape index (κ1) is 44.2. The lowest BCUT2D eigenvalue weighted by Gasteiger charge is -2.69. The van der Waals surface area contributed by atoms with Crippen molar-refractivity contribution in [1.29, 1.82) is 0 Å². The maximum absolute atomic E-state index is 15.2. The van der Waals surface area contributed by atoms with Crippen LogP contribution in [0.15, 0.2) is 23.4 Å². The molecular weight excluding hydrogens is 762 g/mol. The van der Waals surface area contributed by atoms with Crippen LogP contribution in [0.5, 0.6) is 0 Å². The molecule has 0 radical (unpaired) electrons. The van der Waals surface area contributed by atoms with Crippen LogP contribution in [0.2, 0.25) is 0 Å². The van der Waals surface area contributed by atoms with Crippen molar-refractivity contribution in [3.8, 4) is 0 Å². The zero-order chi connectivity index (χ0) is 43.8. The number of ketones is 2. The number of Topliss-reactive ketones (excluding diaryl/α,β-unsaturated/α-hetero) is 1. The number of carbonyl (C=O) groups is 7. The van der Waals surface area contributed by atoms with E-state index in [1.54, 1.807) is 12.2 Å². The molecule has 5 aliphatic carbocycles. The van der Waals surface area contributed by atoms with E-state index in [1.165, 1.54) is 6.92 Å². The average molecular weight is 822 g/mol. The van der Waals surface area contributed by atoms with Crippen molar-refractivity contribution < 1.29 is 62.0 Å². The van der Waals surface area contributed by atoms with Crippen molar-refractivity contribution in [2.75, 3.05) is 6.61 Å². The van der Waals surface area contributed by atoms with Crippen LogP contribution in [-0.4, -0.2) is 78.7 Å². The van der Waals surface area contributed by atoms with Gasteiger partial charge in [0, 0.05) is 44.4 Å². The normalized spacial score (nSPS) is 40.4. The fourth-order valence-corrected chi connectivity index (χ4v) is 12.5. The number of carbonyl (C=O) groups excluding carboxylic acids is 7. The number of hydrogen-bond acceptors (Lipinski definition) is 13. The molecule has 12 atom stereocenters. The predicted octanol–water partition coefficient (Wildman–Crippen LogP) is 6.19. The molecule has 6 rings (SSSR count). The summed E-state index contributed by atoms with van der Waals surface area (Å²) >= 11 is 0. The van der Waals surface area contributed by atoms with Gasteiger partial charge in [-0.2, -0.15) is 0 Å². The summed E-state index contributed by atoms with van der Waals surface area (Å²) in [6, 6.07) is 0. The Morgan fingerprint density at radius 1 is 0.780 bits per heavy atom. The molecule has 0 bridgehead atoms. The number of fused-ring (bicyclic) bond motifs is 7. The summed E-state index contributed by atoms with van der Waals surface area (Å²) in [7, 11) is 0. The first-order valence-corrected chi connectivity index (χ1v) is 20.7. The molecule has 14 nitrogen and oxygen atoms in total. The first-order chi connectivity index (χ1) is 27.3. The SMILES string of the molecule is [C-]#[N+]C1=C[C@]2(C)C3=CC(=O)[C@@H]4[C@@H]5CC(C)(C)CC[C@]5(C(=O)O[C@@H]5O[C@H](COC(C)=O)[C@H](OC(C)=O)[C@H](OC(C)=O)[C@H]5OC(C)=O)CC[C@@]4(C)[C@]3(C)CC[C@H]2C(C)(C)C1=O. The van der Waals surface area contributed by atoms with Crippen LogP contribution in [0.1, 0.15) is 121 Å². The highest BCUT2D eigenvalue weighted by molar-refractivity contribution is 6.03. The fourth-order valence-electron chi connectivity index (χ4n) is 12.5. The minimum absolute atomic E-state index is 0.0961. The molecule has 14 heteroatoms. The third-order valence-corrected chi connectivity index (χ3v) is 15.4. The Balaban J connectivity index is 1.42. The van der Waals surface area contributed by atoms with Crippen LogP contribution in [0.4, 0.5) is 0 Å². The van der Waals surface area contributed by atoms with Crippen LogP contribution in [0.3, 0.4) is 0 Å². The zero-order valence-electron chi connectivity index (χ0n) is 36.2. The van der Waals surface area contributed by atoms with Gasteiger partial charge >= 0.3 is 29.8 Å². The van der Waals surface area contributed by atoms with Crippen LogP contribution in [0, 0.1) is 56.8 Å². The fraction of sp³-hybridized carbons (Fsp3) is 0.733. The number of hydrogen-bond donors (Lipinski definition) is 0. The van der Waals surface area contributed by atoms with Gasteiger partial charge in [-0.25, -0.2) is 4.85 Å². The second-order valence-electron chi connectivity index (χ2n) is 19.9. The molecular formula is C45H59NO13. The minimum Gasteiger partial charge on any atom is -0.463 e. The molecule has 0 amide bonds. The molecule has 0 aromatic carbocycles. The van der Waals surface area contributed by atoms with Gasteiger partial charge in [-0.15, -0.1) is 0 Å². The number of nitrogens with zero attached hydrogens (tertiary/aromatic N) is 1. The smallest absolute Gasteiger partial charge is 0.314 e. The lowest BCUT2D eigenvalue weighted by atomic mass is 9.34. The van der Waals surface area contributed by atoms with Crippen molar-refractivity contribution in [1.82, 2.24) is 0 Å². The summed E-state index contributed by atoms with van der Waals surface area (Å²) in [5.74, 6) is -5.22. The van der Waals surface area contributed by atoms with Crippen molar-refractivity contribution in [3.05, 3.63) is 34.8 Å². The van der Waals surface area contributed by atoms with Crippen LogP contribution >= 0.6 is 0 Å². The van der Waals surface area contributed by atoms with E-state index in [-0.39, 0.29) is 28.6 Å². The second-order valence-corrected chi connectivity index (χ2v) is 19.9. The third kappa shape index (κ3) is 7.12. The molecule has 6 aliphatic rings. The van der Waals surface area contributed by atoms with E-state index in [0.717, 1.165) is 32.8 Å². The van der Waals surface area contributed by atoms with Gasteiger partial charge in [0.2, 0.25) is 18.1 Å². The standard InChI is InChI=1S/C45H59NO13/c1-23(47)54-22-30-34(55-24(2)48)35(56-25(3)49)36(57-26(4)50)38(58-30)59-39(53)45-17-15-40(5,6)20-27(45)33-29(51)19-32-42(9)21-28(46-12)37(52)41(7,8)31(42)13-14-43(32,10)44(33,11)16-18-45/h19,21,27,30-31,33-36,38H,13-18,20,22H2,1-11H3/t27-,30+,31-,33-,34-,35-,36+,38-,42-,43+,44+,45-/m0/s1. The van der Waals surface area contributed by atoms with E-state index in [0.29, 0.717) is 38.5 Å². The Bertz CT molecular complexity index is 1960. The zero-order valence-corrected chi connectivity index (χ0v) is 36.2. The summed E-state index contributed by atoms with van der Waals surface area (Å²) in [5.41, 5.74) is -3.03. The van der Waals surface area contributed by atoms with Gasteiger partial charge in [0.25, 0.3) is 0 Å². The van der Waals surface area contributed by atoms with Crippen molar-refractivity contribution in [2.45, 2.75) is 152 Å². The van der Waals surface area contributed by atoms with Gasteiger partial charge in [0.15, 0.2) is 23.8 Å². The Morgan fingerprint density at radius 3 is 1.97 bits per heavy atom. The molecule has 0 spiro atoms. The van der Waals surface area contributed by atoms with Crippen LogP contribution < -0.4 is 0 Å². The summed E-state index contributed by atoms with van der Waals surface area (Å²) in [6.45, 7) is 26.5. The predicted molar refractivity (Wildman–Crippen MR) is 208 cm³/mol. The first-order valence-electron chi connectivity index (χ1n) is 20.7. The van der Waals surface area contributed by atoms with Gasteiger partial charge in [-0.1, -0.05) is 60.1 Å². The largest absolute Gasteiger partial charge is 0.463 e. The molecule has 1 saturated heterocycles. The highest BCUT2D eigenvalue weighted by Crippen LogP contribution is 2.74. The average Bonchev–Trinajstić information content (AvgIpc) is 3.11. The highest BCUT2D eigenvalue weighted by Gasteiger charge is 2.71. The molecule has 0 aromatic rings. The number of rotatable bonds is 7. The van der Waals surface area contributed by atoms with E-state index in [1.807, 2.05) is 13.8 Å². The van der Waals surface area contributed by atoms with E-state index >= 15 is 9.59 Å².